The molecular formula is C12H17Cl2N. The van der Waals surface area contributed by atoms with Crippen molar-refractivity contribution in [2.45, 2.75) is 39.3 Å². The minimum absolute atomic E-state index is 0.0948. The van der Waals surface area contributed by atoms with Crippen LogP contribution in [0.25, 0.3) is 0 Å². The molecule has 0 heterocycles. The predicted octanol–water partition coefficient (Wildman–Crippen LogP) is 4.23. The van der Waals surface area contributed by atoms with Crippen molar-refractivity contribution in [2.75, 3.05) is 0 Å². The maximum Gasteiger partial charge on any atom is 0.0595 e. The number of hydrogen-bond donors (Lipinski definition) is 1. The molecule has 1 N–H and O–H groups in total. The van der Waals surface area contributed by atoms with Crippen LogP contribution in [0.15, 0.2) is 18.2 Å². The Hall–Kier alpha value is -0.240. The van der Waals surface area contributed by atoms with E-state index in [9.17, 15) is 0 Å². The number of benzene rings is 1. The molecule has 0 saturated heterocycles. The molecule has 1 aromatic rings. The van der Waals surface area contributed by atoms with E-state index >= 15 is 0 Å². The Morgan fingerprint density at radius 2 is 1.73 bits per heavy atom. The van der Waals surface area contributed by atoms with Gasteiger partial charge in [0.1, 0.15) is 0 Å². The van der Waals surface area contributed by atoms with Gasteiger partial charge in [-0.1, -0.05) is 43.1 Å². The average Bonchev–Trinajstić information content (AvgIpc) is 2.07. The van der Waals surface area contributed by atoms with Gasteiger partial charge in [0.15, 0.2) is 0 Å². The van der Waals surface area contributed by atoms with Gasteiger partial charge >= 0.3 is 0 Å². The molecular weight excluding hydrogens is 229 g/mol. The second kappa shape index (κ2) is 4.73. The molecule has 0 fully saturated rings. The first kappa shape index (κ1) is 12.8. The highest BCUT2D eigenvalue weighted by Crippen LogP contribution is 2.28. The Balaban J connectivity index is 2.99. The van der Waals surface area contributed by atoms with Crippen molar-refractivity contribution >= 4 is 23.2 Å². The van der Waals surface area contributed by atoms with Crippen LogP contribution >= 0.6 is 23.2 Å². The van der Waals surface area contributed by atoms with E-state index in [1.807, 2.05) is 18.2 Å². The fraction of sp³-hybridized carbons (Fsp3) is 0.500. The van der Waals surface area contributed by atoms with Gasteiger partial charge in [-0.2, -0.15) is 0 Å². The molecule has 0 amide bonds. The average molecular weight is 246 g/mol. The number of halogens is 2. The van der Waals surface area contributed by atoms with Crippen molar-refractivity contribution in [3.63, 3.8) is 0 Å². The van der Waals surface area contributed by atoms with Gasteiger partial charge in [-0.3, -0.25) is 0 Å². The molecule has 84 valence electrons. The van der Waals surface area contributed by atoms with Gasteiger partial charge in [0.25, 0.3) is 0 Å². The third kappa shape index (κ3) is 3.37. The Labute approximate surface area is 102 Å². The number of hydrogen-bond acceptors (Lipinski definition) is 1. The molecule has 15 heavy (non-hydrogen) atoms. The fourth-order valence-corrected chi connectivity index (χ4v) is 1.99. The maximum atomic E-state index is 6.00. The van der Waals surface area contributed by atoms with E-state index in [-0.39, 0.29) is 5.54 Å². The molecule has 0 saturated carbocycles. The standard InChI is InChI=1S/C12H17Cl2N/c1-8(2)15-12(3,4)9-5-6-10(13)11(14)7-9/h5-8,15H,1-4H3. The van der Waals surface area contributed by atoms with E-state index in [1.54, 1.807) is 0 Å². The lowest BCUT2D eigenvalue weighted by molar-refractivity contribution is 0.366. The lowest BCUT2D eigenvalue weighted by Crippen LogP contribution is -2.40. The number of rotatable bonds is 3. The van der Waals surface area contributed by atoms with E-state index in [0.717, 1.165) is 5.56 Å². The van der Waals surface area contributed by atoms with Gasteiger partial charge in [0, 0.05) is 11.6 Å². The molecule has 0 aliphatic carbocycles. The first-order valence-electron chi connectivity index (χ1n) is 5.06. The Morgan fingerprint density at radius 3 is 2.20 bits per heavy atom. The van der Waals surface area contributed by atoms with E-state index < -0.39 is 0 Å². The normalized spacial score (nSPS) is 12.2. The van der Waals surface area contributed by atoms with Crippen LogP contribution in [0, 0.1) is 0 Å². The Bertz CT molecular complexity index is 345. The molecule has 1 aromatic carbocycles. The van der Waals surface area contributed by atoms with Crippen LogP contribution in [0.2, 0.25) is 10.0 Å². The summed E-state index contributed by atoms with van der Waals surface area (Å²) in [6.45, 7) is 8.51. The topological polar surface area (TPSA) is 12.0 Å². The lowest BCUT2D eigenvalue weighted by Gasteiger charge is -2.29. The zero-order valence-corrected chi connectivity index (χ0v) is 11.1. The van der Waals surface area contributed by atoms with E-state index in [0.29, 0.717) is 16.1 Å². The minimum atomic E-state index is -0.0948. The van der Waals surface area contributed by atoms with Crippen molar-refractivity contribution in [3.8, 4) is 0 Å². The van der Waals surface area contributed by atoms with Gasteiger partial charge in [0.2, 0.25) is 0 Å². The molecule has 0 aliphatic heterocycles. The molecule has 0 aliphatic rings. The SMILES string of the molecule is CC(C)NC(C)(C)c1ccc(Cl)c(Cl)c1. The third-order valence-corrected chi connectivity index (χ3v) is 3.03. The Morgan fingerprint density at radius 1 is 1.13 bits per heavy atom. The molecule has 1 rings (SSSR count). The van der Waals surface area contributed by atoms with Crippen LogP contribution in [0.1, 0.15) is 33.3 Å². The van der Waals surface area contributed by atoms with Gasteiger partial charge in [0.05, 0.1) is 10.0 Å². The van der Waals surface area contributed by atoms with Crippen LogP contribution in [-0.2, 0) is 5.54 Å². The van der Waals surface area contributed by atoms with E-state index in [1.165, 1.54) is 0 Å². The highest BCUT2D eigenvalue weighted by atomic mass is 35.5. The quantitative estimate of drug-likeness (QED) is 0.841. The van der Waals surface area contributed by atoms with Crippen molar-refractivity contribution in [2.24, 2.45) is 0 Å². The van der Waals surface area contributed by atoms with Crippen LogP contribution in [0.4, 0.5) is 0 Å². The van der Waals surface area contributed by atoms with Crippen molar-refractivity contribution in [1.29, 1.82) is 0 Å². The summed E-state index contributed by atoms with van der Waals surface area (Å²) >= 11 is 11.9. The maximum absolute atomic E-state index is 6.00. The molecule has 0 unspecified atom stereocenters. The van der Waals surface area contributed by atoms with Gasteiger partial charge in [-0.25, -0.2) is 0 Å². The van der Waals surface area contributed by atoms with Crippen molar-refractivity contribution in [3.05, 3.63) is 33.8 Å². The summed E-state index contributed by atoms with van der Waals surface area (Å²) < 4.78 is 0. The summed E-state index contributed by atoms with van der Waals surface area (Å²) in [6, 6.07) is 6.18. The summed E-state index contributed by atoms with van der Waals surface area (Å²) in [6.07, 6.45) is 0. The monoisotopic (exact) mass is 245 g/mol. The second-order valence-corrected chi connectivity index (χ2v) is 5.37. The predicted molar refractivity (Wildman–Crippen MR) is 67.8 cm³/mol. The van der Waals surface area contributed by atoms with Crippen LogP contribution in [0.3, 0.4) is 0 Å². The zero-order valence-electron chi connectivity index (χ0n) is 9.57. The van der Waals surface area contributed by atoms with Gasteiger partial charge < -0.3 is 5.32 Å². The molecule has 0 aromatic heterocycles. The molecule has 0 atom stereocenters. The van der Waals surface area contributed by atoms with Crippen LogP contribution < -0.4 is 5.32 Å². The van der Waals surface area contributed by atoms with E-state index in [2.05, 4.69) is 33.0 Å². The largest absolute Gasteiger partial charge is 0.306 e. The molecule has 0 bridgehead atoms. The van der Waals surface area contributed by atoms with Crippen LogP contribution in [0.5, 0.6) is 0 Å². The highest BCUT2D eigenvalue weighted by molar-refractivity contribution is 6.42. The van der Waals surface area contributed by atoms with E-state index in [4.69, 9.17) is 23.2 Å². The first-order chi connectivity index (χ1) is 6.83. The zero-order chi connectivity index (χ0) is 11.6. The summed E-state index contributed by atoms with van der Waals surface area (Å²) in [5.74, 6) is 0. The molecule has 3 heteroatoms. The smallest absolute Gasteiger partial charge is 0.0595 e. The van der Waals surface area contributed by atoms with Crippen LogP contribution in [-0.4, -0.2) is 6.04 Å². The van der Waals surface area contributed by atoms with Crippen molar-refractivity contribution < 1.29 is 0 Å². The molecule has 0 radical (unpaired) electrons. The first-order valence-corrected chi connectivity index (χ1v) is 5.82. The minimum Gasteiger partial charge on any atom is -0.306 e. The summed E-state index contributed by atoms with van der Waals surface area (Å²) in [5.41, 5.74) is 1.05. The third-order valence-electron chi connectivity index (χ3n) is 2.29. The molecule has 1 nitrogen and oxygen atoms in total. The highest BCUT2D eigenvalue weighted by Gasteiger charge is 2.21. The summed E-state index contributed by atoms with van der Waals surface area (Å²) in [7, 11) is 0. The Kier molecular flexibility index (Phi) is 4.05. The number of nitrogens with one attached hydrogen (secondary N) is 1. The fourth-order valence-electron chi connectivity index (χ4n) is 1.69. The lowest BCUT2D eigenvalue weighted by atomic mass is 9.93. The summed E-state index contributed by atoms with van der Waals surface area (Å²) in [5, 5.41) is 4.68. The van der Waals surface area contributed by atoms with Gasteiger partial charge in [-0.15, -0.1) is 0 Å². The van der Waals surface area contributed by atoms with Crippen molar-refractivity contribution in [1.82, 2.24) is 5.32 Å². The second-order valence-electron chi connectivity index (χ2n) is 4.55. The molecule has 0 spiro atoms. The summed E-state index contributed by atoms with van der Waals surface area (Å²) in [4.78, 5) is 0. The van der Waals surface area contributed by atoms with Gasteiger partial charge in [-0.05, 0) is 31.5 Å².